The Balaban J connectivity index is 2.15. The predicted molar refractivity (Wildman–Crippen MR) is 79.0 cm³/mol. The van der Waals surface area contributed by atoms with Crippen LogP contribution in [0.15, 0.2) is 18.2 Å². The van der Waals surface area contributed by atoms with Gasteiger partial charge in [0.2, 0.25) is 0 Å². The largest absolute Gasteiger partial charge is 0.329 e. The number of aryl methyl sites for hydroxylation is 1. The summed E-state index contributed by atoms with van der Waals surface area (Å²) in [5.74, 6) is 0. The highest BCUT2D eigenvalue weighted by atomic mass is 15.3. The summed E-state index contributed by atoms with van der Waals surface area (Å²) in [4.78, 5) is 9.49. The third-order valence-electron chi connectivity index (χ3n) is 4.25. The fourth-order valence-electron chi connectivity index (χ4n) is 3.11. The fraction of sp³-hybridized carbons (Fsp3) is 0.667. The maximum absolute atomic E-state index is 6.10. The van der Waals surface area contributed by atoms with Gasteiger partial charge in [-0.05, 0) is 45.6 Å². The standard InChI is InChI=1S/C15H26N4/c1-4-19(10-14-7-5-6-13(2)17-14)15(11-16)8-9-18(3)12-15/h5-7H,4,8-12,16H2,1-3H3. The van der Waals surface area contributed by atoms with E-state index < -0.39 is 0 Å². The molecule has 1 atom stereocenters. The fourth-order valence-corrected chi connectivity index (χ4v) is 3.11. The summed E-state index contributed by atoms with van der Waals surface area (Å²) in [5, 5.41) is 0. The minimum absolute atomic E-state index is 0.120. The normalized spacial score (nSPS) is 24.3. The number of nitrogens with zero attached hydrogens (tertiary/aromatic N) is 3. The van der Waals surface area contributed by atoms with Gasteiger partial charge in [0.1, 0.15) is 0 Å². The van der Waals surface area contributed by atoms with Gasteiger partial charge in [-0.2, -0.15) is 0 Å². The van der Waals surface area contributed by atoms with Crippen molar-refractivity contribution in [1.82, 2.24) is 14.8 Å². The number of pyridine rings is 1. The zero-order valence-corrected chi connectivity index (χ0v) is 12.4. The summed E-state index contributed by atoms with van der Waals surface area (Å²) in [5.41, 5.74) is 8.45. The Morgan fingerprint density at radius 2 is 2.26 bits per heavy atom. The summed E-state index contributed by atoms with van der Waals surface area (Å²) in [6, 6.07) is 6.24. The van der Waals surface area contributed by atoms with Gasteiger partial charge in [0.15, 0.2) is 0 Å². The van der Waals surface area contributed by atoms with Crippen LogP contribution in [0.3, 0.4) is 0 Å². The second-order valence-corrected chi connectivity index (χ2v) is 5.70. The molecule has 0 aliphatic carbocycles. The lowest BCUT2D eigenvalue weighted by Gasteiger charge is -2.39. The second kappa shape index (κ2) is 5.99. The molecular formula is C15H26N4. The monoisotopic (exact) mass is 262 g/mol. The van der Waals surface area contributed by atoms with Crippen molar-refractivity contribution in [3.8, 4) is 0 Å². The van der Waals surface area contributed by atoms with Gasteiger partial charge in [-0.1, -0.05) is 13.0 Å². The number of aromatic nitrogens is 1. The van der Waals surface area contributed by atoms with Crippen molar-refractivity contribution < 1.29 is 0 Å². The van der Waals surface area contributed by atoms with Gasteiger partial charge >= 0.3 is 0 Å². The molecule has 106 valence electrons. The average Bonchev–Trinajstić information content (AvgIpc) is 2.79. The topological polar surface area (TPSA) is 45.4 Å². The number of hydrogen-bond acceptors (Lipinski definition) is 4. The van der Waals surface area contributed by atoms with Crippen molar-refractivity contribution >= 4 is 0 Å². The van der Waals surface area contributed by atoms with E-state index in [9.17, 15) is 0 Å². The first-order valence-corrected chi connectivity index (χ1v) is 7.16. The molecule has 1 aliphatic heterocycles. The van der Waals surface area contributed by atoms with Crippen LogP contribution < -0.4 is 5.73 Å². The maximum Gasteiger partial charge on any atom is 0.0547 e. The molecule has 4 heteroatoms. The second-order valence-electron chi connectivity index (χ2n) is 5.70. The first kappa shape index (κ1) is 14.4. The van der Waals surface area contributed by atoms with Crippen LogP contribution in [0.4, 0.5) is 0 Å². The van der Waals surface area contributed by atoms with Crippen molar-refractivity contribution in [1.29, 1.82) is 0 Å². The molecule has 2 heterocycles. The molecule has 2 rings (SSSR count). The highest BCUT2D eigenvalue weighted by Crippen LogP contribution is 2.27. The molecule has 0 aromatic carbocycles. The minimum Gasteiger partial charge on any atom is -0.329 e. The summed E-state index contributed by atoms with van der Waals surface area (Å²) >= 11 is 0. The molecule has 1 unspecified atom stereocenters. The van der Waals surface area contributed by atoms with Gasteiger partial charge in [-0.25, -0.2) is 0 Å². The van der Waals surface area contributed by atoms with E-state index in [0.717, 1.165) is 50.5 Å². The highest BCUT2D eigenvalue weighted by Gasteiger charge is 2.40. The van der Waals surface area contributed by atoms with Gasteiger partial charge in [0.05, 0.1) is 5.69 Å². The molecule has 2 N–H and O–H groups in total. The van der Waals surface area contributed by atoms with Gasteiger partial charge in [0, 0.05) is 30.9 Å². The van der Waals surface area contributed by atoms with E-state index in [0.29, 0.717) is 0 Å². The summed E-state index contributed by atoms with van der Waals surface area (Å²) in [6.45, 7) is 9.08. The van der Waals surface area contributed by atoms with Crippen LogP contribution in [-0.4, -0.2) is 53.5 Å². The van der Waals surface area contributed by atoms with Gasteiger partial charge in [0.25, 0.3) is 0 Å². The van der Waals surface area contributed by atoms with Crippen molar-refractivity contribution in [3.63, 3.8) is 0 Å². The SMILES string of the molecule is CCN(Cc1cccc(C)n1)C1(CN)CCN(C)C1. The van der Waals surface area contributed by atoms with Crippen molar-refractivity contribution in [2.45, 2.75) is 32.4 Å². The number of likely N-dealkylation sites (tertiary alicyclic amines) is 1. The van der Waals surface area contributed by atoms with Gasteiger partial charge in [-0.15, -0.1) is 0 Å². The molecule has 1 aromatic heterocycles. The summed E-state index contributed by atoms with van der Waals surface area (Å²) in [6.07, 6.45) is 1.15. The zero-order chi connectivity index (χ0) is 13.9. The Hall–Kier alpha value is -0.970. The van der Waals surface area contributed by atoms with Gasteiger partial charge in [-0.3, -0.25) is 9.88 Å². The van der Waals surface area contributed by atoms with Gasteiger partial charge < -0.3 is 10.6 Å². The lowest BCUT2D eigenvalue weighted by molar-refractivity contribution is 0.0981. The first-order chi connectivity index (χ1) is 9.09. The molecule has 1 saturated heterocycles. The average molecular weight is 262 g/mol. The molecule has 1 fully saturated rings. The molecule has 19 heavy (non-hydrogen) atoms. The molecule has 0 spiro atoms. The predicted octanol–water partition coefficient (Wildman–Crippen LogP) is 1.24. The maximum atomic E-state index is 6.10. The first-order valence-electron chi connectivity index (χ1n) is 7.16. The third kappa shape index (κ3) is 3.14. The molecular weight excluding hydrogens is 236 g/mol. The van der Waals surface area contributed by atoms with Crippen molar-refractivity contribution in [2.24, 2.45) is 5.73 Å². The van der Waals surface area contributed by atoms with Crippen LogP contribution in [-0.2, 0) is 6.54 Å². The number of hydrogen-bond donors (Lipinski definition) is 1. The Morgan fingerprint density at radius 1 is 1.47 bits per heavy atom. The number of nitrogens with two attached hydrogens (primary N) is 1. The van der Waals surface area contributed by atoms with Crippen LogP contribution in [0.1, 0.15) is 24.7 Å². The Kier molecular flexibility index (Phi) is 4.55. The molecule has 0 bridgehead atoms. The van der Waals surface area contributed by atoms with Crippen LogP contribution in [0.2, 0.25) is 0 Å². The van der Waals surface area contributed by atoms with E-state index in [2.05, 4.69) is 40.9 Å². The Morgan fingerprint density at radius 3 is 2.79 bits per heavy atom. The number of rotatable bonds is 5. The quantitative estimate of drug-likeness (QED) is 0.867. The molecule has 4 nitrogen and oxygen atoms in total. The lowest BCUT2D eigenvalue weighted by atomic mass is 9.95. The summed E-state index contributed by atoms with van der Waals surface area (Å²) < 4.78 is 0. The molecule has 1 aliphatic rings. The van der Waals surface area contributed by atoms with E-state index in [4.69, 9.17) is 5.73 Å². The molecule has 1 aromatic rings. The molecule has 0 amide bonds. The van der Waals surface area contributed by atoms with Crippen molar-refractivity contribution in [3.05, 3.63) is 29.6 Å². The highest BCUT2D eigenvalue weighted by molar-refractivity contribution is 5.11. The van der Waals surface area contributed by atoms with Crippen LogP contribution in [0, 0.1) is 6.92 Å². The molecule has 0 radical (unpaired) electrons. The Bertz CT molecular complexity index is 420. The van der Waals surface area contributed by atoms with Crippen LogP contribution in [0.5, 0.6) is 0 Å². The van der Waals surface area contributed by atoms with Crippen LogP contribution in [0.25, 0.3) is 0 Å². The smallest absolute Gasteiger partial charge is 0.0547 e. The number of likely N-dealkylation sites (N-methyl/N-ethyl adjacent to an activating group) is 2. The minimum atomic E-state index is 0.120. The summed E-state index contributed by atoms with van der Waals surface area (Å²) in [7, 11) is 2.18. The van der Waals surface area contributed by atoms with E-state index in [1.54, 1.807) is 0 Å². The van der Waals surface area contributed by atoms with E-state index in [1.165, 1.54) is 0 Å². The van der Waals surface area contributed by atoms with Crippen LogP contribution >= 0.6 is 0 Å². The van der Waals surface area contributed by atoms with E-state index in [-0.39, 0.29) is 5.54 Å². The lowest BCUT2D eigenvalue weighted by Crippen LogP contribution is -2.55. The van der Waals surface area contributed by atoms with Crippen molar-refractivity contribution in [2.75, 3.05) is 33.2 Å². The third-order valence-corrected chi connectivity index (χ3v) is 4.25. The molecule has 0 saturated carbocycles. The van der Waals surface area contributed by atoms with E-state index in [1.807, 2.05) is 13.0 Å². The Labute approximate surface area is 116 Å². The zero-order valence-electron chi connectivity index (χ0n) is 12.4. The van der Waals surface area contributed by atoms with E-state index >= 15 is 0 Å².